The smallest absolute Gasteiger partial charge is 0.337 e. The van der Waals surface area contributed by atoms with E-state index < -0.39 is 11.9 Å². The second-order valence-electron chi connectivity index (χ2n) is 2.72. The van der Waals surface area contributed by atoms with Gasteiger partial charge in [-0.2, -0.15) is 0 Å². The van der Waals surface area contributed by atoms with Gasteiger partial charge in [0.2, 0.25) is 0 Å². The average Bonchev–Trinajstić information content (AvgIpc) is 2.10. The van der Waals surface area contributed by atoms with E-state index in [9.17, 15) is 9.59 Å². The van der Waals surface area contributed by atoms with Crippen molar-refractivity contribution in [2.45, 2.75) is 20.3 Å². The predicted molar refractivity (Wildman–Crippen MR) is 53.8 cm³/mol. The van der Waals surface area contributed by atoms with Crippen molar-refractivity contribution >= 4 is 11.9 Å². The maximum Gasteiger partial charge on any atom is 0.337 e. The molecule has 14 heavy (non-hydrogen) atoms. The average molecular weight is 197 g/mol. The summed E-state index contributed by atoms with van der Waals surface area (Å²) in [6.45, 7) is 6.87. The molecule has 0 aliphatic rings. The van der Waals surface area contributed by atoms with Gasteiger partial charge in [-0.15, -0.1) is 0 Å². The van der Waals surface area contributed by atoms with E-state index >= 15 is 0 Å². The highest BCUT2D eigenvalue weighted by atomic mass is 16.2. The van der Waals surface area contributed by atoms with Crippen molar-refractivity contribution in [3.05, 3.63) is 24.4 Å². The summed E-state index contributed by atoms with van der Waals surface area (Å²) in [5.74, 6) is -0.440. The Labute approximate surface area is 83.2 Å². The van der Waals surface area contributed by atoms with Gasteiger partial charge in [0.05, 0.1) is 0 Å². The lowest BCUT2D eigenvalue weighted by molar-refractivity contribution is -0.120. The molecular formula is C9H15N3O2. The molecule has 3 amide bonds. The highest BCUT2D eigenvalue weighted by Crippen LogP contribution is 1.91. The molecule has 0 radical (unpaired) electrons. The summed E-state index contributed by atoms with van der Waals surface area (Å²) in [6, 6.07) is -0.746. The van der Waals surface area contributed by atoms with Crippen LogP contribution in [0, 0.1) is 0 Å². The molecule has 0 fully saturated rings. The van der Waals surface area contributed by atoms with Gasteiger partial charge in [0.25, 0.3) is 5.91 Å². The molecule has 0 rings (SSSR count). The van der Waals surface area contributed by atoms with Crippen LogP contribution in [0.1, 0.15) is 20.3 Å². The molecule has 3 N–H and O–H groups in total. The number of primary amides is 1. The SMILES string of the molecule is C=C(C)C(=O)NN(C=CCC)C(N)=O. The number of nitrogens with zero attached hydrogens (tertiary/aromatic N) is 1. The van der Waals surface area contributed by atoms with Crippen LogP contribution < -0.4 is 11.2 Å². The Hall–Kier alpha value is -1.78. The third kappa shape index (κ3) is 4.30. The van der Waals surface area contributed by atoms with Gasteiger partial charge in [-0.25, -0.2) is 9.80 Å². The minimum atomic E-state index is -0.746. The molecule has 0 aromatic rings. The summed E-state index contributed by atoms with van der Waals surface area (Å²) < 4.78 is 0. The third-order valence-electron chi connectivity index (χ3n) is 1.34. The molecule has 0 saturated heterocycles. The van der Waals surface area contributed by atoms with E-state index in [1.54, 1.807) is 6.08 Å². The lowest BCUT2D eigenvalue weighted by Crippen LogP contribution is -2.45. The second-order valence-corrected chi connectivity index (χ2v) is 2.72. The molecule has 0 saturated carbocycles. The van der Waals surface area contributed by atoms with Crippen molar-refractivity contribution in [2.24, 2.45) is 5.73 Å². The van der Waals surface area contributed by atoms with Crippen LogP contribution in [0.3, 0.4) is 0 Å². The number of hydrogen-bond donors (Lipinski definition) is 2. The largest absolute Gasteiger partial charge is 0.350 e. The van der Waals surface area contributed by atoms with E-state index in [0.717, 1.165) is 11.4 Å². The number of nitrogens with one attached hydrogen (secondary N) is 1. The standard InChI is InChI=1S/C9H15N3O2/c1-4-5-6-12(9(10)14)11-8(13)7(2)3/h5-6H,2,4H2,1,3H3,(H2,10,14)(H,11,13). The van der Waals surface area contributed by atoms with Crippen molar-refractivity contribution in [2.75, 3.05) is 0 Å². The van der Waals surface area contributed by atoms with Gasteiger partial charge in [-0.3, -0.25) is 10.2 Å². The Morgan fingerprint density at radius 3 is 2.50 bits per heavy atom. The normalized spacial score (nSPS) is 9.86. The molecule has 0 aromatic carbocycles. The Morgan fingerprint density at radius 1 is 1.57 bits per heavy atom. The molecule has 0 bridgehead atoms. The number of carbonyl (C=O) groups is 2. The molecule has 0 spiro atoms. The van der Waals surface area contributed by atoms with Crippen LogP contribution in [0.2, 0.25) is 0 Å². The Kier molecular flexibility index (Phi) is 5.06. The van der Waals surface area contributed by atoms with Gasteiger partial charge in [0, 0.05) is 11.8 Å². The van der Waals surface area contributed by atoms with E-state index in [-0.39, 0.29) is 0 Å². The fourth-order valence-electron chi connectivity index (χ4n) is 0.581. The molecule has 0 aliphatic heterocycles. The number of nitrogens with two attached hydrogens (primary N) is 1. The lowest BCUT2D eigenvalue weighted by atomic mass is 10.3. The van der Waals surface area contributed by atoms with Crippen molar-refractivity contribution in [1.29, 1.82) is 0 Å². The van der Waals surface area contributed by atoms with Gasteiger partial charge >= 0.3 is 6.03 Å². The zero-order chi connectivity index (χ0) is 11.1. The van der Waals surface area contributed by atoms with Crippen LogP contribution in [0.15, 0.2) is 24.4 Å². The van der Waals surface area contributed by atoms with Crippen molar-refractivity contribution in [1.82, 2.24) is 10.4 Å². The van der Waals surface area contributed by atoms with Crippen LogP contribution in [-0.4, -0.2) is 16.9 Å². The number of carbonyl (C=O) groups excluding carboxylic acids is 2. The molecule has 0 unspecified atom stereocenters. The third-order valence-corrected chi connectivity index (χ3v) is 1.34. The molecule has 0 heterocycles. The topological polar surface area (TPSA) is 75.4 Å². The summed E-state index contributed by atoms with van der Waals surface area (Å²) in [6.07, 6.45) is 3.85. The van der Waals surface area contributed by atoms with Crippen LogP contribution >= 0.6 is 0 Å². The van der Waals surface area contributed by atoms with E-state index in [4.69, 9.17) is 5.73 Å². The maximum atomic E-state index is 11.1. The molecule has 0 atom stereocenters. The van der Waals surface area contributed by atoms with Crippen molar-refractivity contribution in [3.8, 4) is 0 Å². The molecule has 5 heteroatoms. The molecule has 0 aliphatic carbocycles. The molecule has 5 nitrogen and oxygen atoms in total. The molecule has 78 valence electrons. The van der Waals surface area contributed by atoms with Crippen LogP contribution in [0.5, 0.6) is 0 Å². The number of allylic oxidation sites excluding steroid dienone is 1. The summed E-state index contributed by atoms with van der Waals surface area (Å²) in [5, 5.41) is 0.917. The van der Waals surface area contributed by atoms with Crippen LogP contribution in [0.4, 0.5) is 4.79 Å². The highest BCUT2D eigenvalue weighted by molar-refractivity contribution is 5.93. The van der Waals surface area contributed by atoms with Crippen LogP contribution in [-0.2, 0) is 4.79 Å². The monoisotopic (exact) mass is 197 g/mol. The first kappa shape index (κ1) is 12.2. The zero-order valence-electron chi connectivity index (χ0n) is 8.41. The first-order chi connectivity index (χ1) is 6.49. The van der Waals surface area contributed by atoms with Gasteiger partial charge in [-0.05, 0) is 13.3 Å². The minimum Gasteiger partial charge on any atom is -0.350 e. The fourth-order valence-corrected chi connectivity index (χ4v) is 0.581. The number of rotatable bonds is 3. The second kappa shape index (κ2) is 5.80. The van der Waals surface area contributed by atoms with E-state index in [2.05, 4.69) is 12.0 Å². The quantitative estimate of drug-likeness (QED) is 0.521. The number of hydrogen-bond acceptors (Lipinski definition) is 2. The first-order valence-corrected chi connectivity index (χ1v) is 4.20. The van der Waals surface area contributed by atoms with Gasteiger partial charge in [-0.1, -0.05) is 19.6 Å². The summed E-state index contributed by atoms with van der Waals surface area (Å²) in [4.78, 5) is 21.9. The molecule has 0 aromatic heterocycles. The summed E-state index contributed by atoms with van der Waals surface area (Å²) in [7, 11) is 0. The minimum absolute atomic E-state index is 0.307. The Bertz CT molecular complexity index is 271. The first-order valence-electron chi connectivity index (χ1n) is 4.20. The molecular weight excluding hydrogens is 182 g/mol. The highest BCUT2D eigenvalue weighted by Gasteiger charge is 2.09. The van der Waals surface area contributed by atoms with Gasteiger partial charge in [0.15, 0.2) is 0 Å². The summed E-state index contributed by atoms with van der Waals surface area (Å²) in [5.41, 5.74) is 7.61. The van der Waals surface area contributed by atoms with E-state index in [1.165, 1.54) is 13.1 Å². The van der Waals surface area contributed by atoms with Gasteiger partial charge < -0.3 is 5.73 Å². The van der Waals surface area contributed by atoms with Gasteiger partial charge in [0.1, 0.15) is 0 Å². The lowest BCUT2D eigenvalue weighted by Gasteiger charge is -2.16. The zero-order valence-corrected chi connectivity index (χ0v) is 8.41. The number of hydrazine groups is 1. The Balaban J connectivity index is 4.38. The van der Waals surface area contributed by atoms with Crippen molar-refractivity contribution < 1.29 is 9.59 Å². The van der Waals surface area contributed by atoms with E-state index in [0.29, 0.717) is 5.57 Å². The predicted octanol–water partition coefficient (Wildman–Crippen LogP) is 0.898. The summed E-state index contributed by atoms with van der Waals surface area (Å²) >= 11 is 0. The van der Waals surface area contributed by atoms with E-state index in [1.807, 2.05) is 6.92 Å². The number of amides is 3. The Morgan fingerprint density at radius 2 is 2.14 bits per heavy atom. The maximum absolute atomic E-state index is 11.1. The van der Waals surface area contributed by atoms with Crippen LogP contribution in [0.25, 0.3) is 0 Å². The number of urea groups is 1. The fraction of sp³-hybridized carbons (Fsp3) is 0.333. The van der Waals surface area contributed by atoms with Crippen molar-refractivity contribution in [3.63, 3.8) is 0 Å².